The van der Waals surface area contributed by atoms with Crippen molar-refractivity contribution in [3.05, 3.63) is 11.6 Å². The number of nitrogens with zero attached hydrogens (tertiary/aromatic N) is 1. The standard InChI is InChI=1S/C30H57NO/c1-5-6-7-8-9-10-11-12-13-14-15-16-17-18-19-20-24-31-25-22-27-29(2,3)28(32)21-23-30(27,4)26-31/h22,28,32H,5-21,23-26H2,1-4H3/t28-,30+/m0/s1. The molecule has 1 fully saturated rings. The second-order valence-corrected chi connectivity index (χ2v) is 12.0. The molecule has 2 rings (SSSR count). The summed E-state index contributed by atoms with van der Waals surface area (Å²) in [5.74, 6) is 0. The van der Waals surface area contributed by atoms with Crippen molar-refractivity contribution < 1.29 is 5.11 Å². The third-order valence-electron chi connectivity index (χ3n) is 8.60. The van der Waals surface area contributed by atoms with Crippen LogP contribution in [-0.2, 0) is 0 Å². The summed E-state index contributed by atoms with van der Waals surface area (Å²) in [6.07, 6.45) is 27.4. The van der Waals surface area contributed by atoms with E-state index in [1.165, 1.54) is 121 Å². The fraction of sp³-hybridized carbons (Fsp3) is 0.933. The zero-order chi connectivity index (χ0) is 23.3. The second-order valence-electron chi connectivity index (χ2n) is 12.0. The number of unbranched alkanes of at least 4 members (excludes halogenated alkanes) is 15. The molecule has 0 saturated heterocycles. The summed E-state index contributed by atoms with van der Waals surface area (Å²) in [7, 11) is 0. The number of aliphatic hydroxyl groups is 1. The minimum Gasteiger partial charge on any atom is -0.392 e. The van der Waals surface area contributed by atoms with E-state index < -0.39 is 0 Å². The molecule has 0 aromatic rings. The number of hydrogen-bond acceptors (Lipinski definition) is 2. The van der Waals surface area contributed by atoms with E-state index in [9.17, 15) is 5.11 Å². The number of hydrogen-bond donors (Lipinski definition) is 1. The van der Waals surface area contributed by atoms with Gasteiger partial charge in [0.1, 0.15) is 0 Å². The molecule has 188 valence electrons. The molecule has 1 aliphatic carbocycles. The fourth-order valence-electron chi connectivity index (χ4n) is 6.41. The summed E-state index contributed by atoms with van der Waals surface area (Å²) in [5.41, 5.74) is 1.75. The first-order valence-electron chi connectivity index (χ1n) is 14.5. The minimum atomic E-state index is -0.173. The minimum absolute atomic E-state index is 0.0483. The van der Waals surface area contributed by atoms with Gasteiger partial charge in [-0.3, -0.25) is 4.90 Å². The van der Waals surface area contributed by atoms with Gasteiger partial charge in [0.05, 0.1) is 6.10 Å². The lowest BCUT2D eigenvalue weighted by atomic mass is 9.58. The molecule has 2 atom stereocenters. The van der Waals surface area contributed by atoms with Crippen LogP contribution < -0.4 is 0 Å². The molecule has 0 aromatic carbocycles. The van der Waals surface area contributed by atoms with Gasteiger partial charge < -0.3 is 5.11 Å². The Morgan fingerprint density at radius 3 is 1.75 bits per heavy atom. The highest BCUT2D eigenvalue weighted by Gasteiger charge is 2.48. The average Bonchev–Trinajstić information content (AvgIpc) is 2.76. The fourth-order valence-corrected chi connectivity index (χ4v) is 6.41. The predicted octanol–water partition coefficient (Wildman–Crippen LogP) is 8.68. The summed E-state index contributed by atoms with van der Waals surface area (Å²) in [6.45, 7) is 12.7. The summed E-state index contributed by atoms with van der Waals surface area (Å²) < 4.78 is 0. The molecule has 2 nitrogen and oxygen atoms in total. The molecule has 1 N–H and O–H groups in total. The maximum atomic E-state index is 10.5. The van der Waals surface area contributed by atoms with Crippen LogP contribution in [0.2, 0.25) is 0 Å². The number of fused-ring (bicyclic) bond motifs is 1. The predicted molar refractivity (Wildman–Crippen MR) is 141 cm³/mol. The monoisotopic (exact) mass is 447 g/mol. The summed E-state index contributed by atoms with van der Waals surface area (Å²) in [5, 5.41) is 10.5. The van der Waals surface area contributed by atoms with E-state index in [1.807, 2.05) is 0 Å². The highest BCUT2D eigenvalue weighted by atomic mass is 16.3. The first kappa shape index (κ1) is 27.9. The van der Waals surface area contributed by atoms with Crippen LogP contribution in [0, 0.1) is 10.8 Å². The third kappa shape index (κ3) is 9.13. The zero-order valence-corrected chi connectivity index (χ0v) is 22.4. The van der Waals surface area contributed by atoms with E-state index in [4.69, 9.17) is 0 Å². The molecule has 0 bridgehead atoms. The molecule has 0 radical (unpaired) electrons. The van der Waals surface area contributed by atoms with Gasteiger partial charge in [0.25, 0.3) is 0 Å². The van der Waals surface area contributed by atoms with Crippen molar-refractivity contribution >= 4 is 0 Å². The molecule has 2 aliphatic rings. The maximum Gasteiger partial charge on any atom is 0.0628 e. The van der Waals surface area contributed by atoms with E-state index in [-0.39, 0.29) is 16.9 Å². The van der Waals surface area contributed by atoms with Crippen LogP contribution in [0.4, 0.5) is 0 Å². The van der Waals surface area contributed by atoms with E-state index >= 15 is 0 Å². The van der Waals surface area contributed by atoms with Crippen LogP contribution in [0.5, 0.6) is 0 Å². The van der Waals surface area contributed by atoms with Crippen LogP contribution in [-0.4, -0.2) is 35.7 Å². The van der Waals surface area contributed by atoms with Gasteiger partial charge in [-0.2, -0.15) is 0 Å². The maximum absolute atomic E-state index is 10.5. The number of aliphatic hydroxyl groups excluding tert-OH is 1. The van der Waals surface area contributed by atoms with Crippen molar-refractivity contribution in [2.24, 2.45) is 10.8 Å². The molecule has 0 amide bonds. The van der Waals surface area contributed by atoms with Gasteiger partial charge in [-0.25, -0.2) is 0 Å². The van der Waals surface area contributed by atoms with Gasteiger partial charge in [-0.05, 0) is 25.8 Å². The molecular weight excluding hydrogens is 390 g/mol. The van der Waals surface area contributed by atoms with Gasteiger partial charge in [0.2, 0.25) is 0 Å². The molecule has 2 heteroatoms. The van der Waals surface area contributed by atoms with Crippen molar-refractivity contribution in [2.45, 2.75) is 149 Å². The Balaban J connectivity index is 1.42. The topological polar surface area (TPSA) is 23.5 Å². The summed E-state index contributed by atoms with van der Waals surface area (Å²) in [4.78, 5) is 2.67. The number of rotatable bonds is 17. The van der Waals surface area contributed by atoms with Crippen molar-refractivity contribution in [3.63, 3.8) is 0 Å². The van der Waals surface area contributed by atoms with Crippen molar-refractivity contribution in [3.8, 4) is 0 Å². The lowest BCUT2D eigenvalue weighted by Gasteiger charge is -2.52. The Kier molecular flexibility index (Phi) is 12.9. The van der Waals surface area contributed by atoms with E-state index in [0.29, 0.717) is 0 Å². The van der Waals surface area contributed by atoms with Crippen LogP contribution in [0.3, 0.4) is 0 Å². The highest BCUT2D eigenvalue weighted by Crippen LogP contribution is 2.52. The van der Waals surface area contributed by atoms with Gasteiger partial charge >= 0.3 is 0 Å². The van der Waals surface area contributed by atoms with Crippen LogP contribution in [0.25, 0.3) is 0 Å². The van der Waals surface area contributed by atoms with Gasteiger partial charge in [-0.15, -0.1) is 0 Å². The third-order valence-corrected chi connectivity index (χ3v) is 8.60. The Hall–Kier alpha value is -0.340. The lowest BCUT2D eigenvalue weighted by molar-refractivity contribution is -0.00180. The van der Waals surface area contributed by atoms with Crippen molar-refractivity contribution in [1.29, 1.82) is 0 Å². The molecule has 1 saturated carbocycles. The molecule has 32 heavy (non-hydrogen) atoms. The van der Waals surface area contributed by atoms with Gasteiger partial charge in [-0.1, -0.05) is 136 Å². The SMILES string of the molecule is CCCCCCCCCCCCCCCCCCN1CC=C2C(C)(C)[C@@H](O)CC[C@]2(C)C1. The first-order chi connectivity index (χ1) is 15.4. The molecule has 0 aromatic heterocycles. The molecular formula is C30H57NO. The Bertz CT molecular complexity index is 525. The average molecular weight is 448 g/mol. The smallest absolute Gasteiger partial charge is 0.0628 e. The van der Waals surface area contributed by atoms with Gasteiger partial charge in [0, 0.05) is 23.9 Å². The summed E-state index contributed by atoms with van der Waals surface area (Å²) in [6, 6.07) is 0. The molecule has 0 spiro atoms. The van der Waals surface area contributed by atoms with Gasteiger partial charge in [0.15, 0.2) is 0 Å². The van der Waals surface area contributed by atoms with E-state index in [1.54, 1.807) is 0 Å². The lowest BCUT2D eigenvalue weighted by Crippen LogP contribution is -2.51. The largest absolute Gasteiger partial charge is 0.392 e. The van der Waals surface area contributed by atoms with Crippen molar-refractivity contribution in [1.82, 2.24) is 4.90 Å². The Labute approximate surface area is 201 Å². The van der Waals surface area contributed by atoms with Crippen LogP contribution >= 0.6 is 0 Å². The molecule has 1 heterocycles. The Morgan fingerprint density at radius 1 is 0.781 bits per heavy atom. The second kappa shape index (κ2) is 14.8. The van der Waals surface area contributed by atoms with Crippen molar-refractivity contribution in [2.75, 3.05) is 19.6 Å². The highest BCUT2D eigenvalue weighted by molar-refractivity contribution is 5.28. The van der Waals surface area contributed by atoms with Crippen LogP contribution in [0.15, 0.2) is 11.6 Å². The Morgan fingerprint density at radius 2 is 1.25 bits per heavy atom. The summed E-state index contributed by atoms with van der Waals surface area (Å²) >= 11 is 0. The molecule has 0 unspecified atom stereocenters. The molecule has 1 aliphatic heterocycles. The first-order valence-corrected chi connectivity index (χ1v) is 14.5. The normalized spacial score (nSPS) is 25.5. The van der Waals surface area contributed by atoms with E-state index in [2.05, 4.69) is 38.7 Å². The quantitative estimate of drug-likeness (QED) is 0.178. The van der Waals surface area contributed by atoms with E-state index in [0.717, 1.165) is 19.4 Å². The zero-order valence-electron chi connectivity index (χ0n) is 22.4. The van der Waals surface area contributed by atoms with Crippen LogP contribution in [0.1, 0.15) is 143 Å².